The van der Waals surface area contributed by atoms with Gasteiger partial charge in [-0.25, -0.2) is 0 Å². The number of fused-ring (bicyclic) bond motifs is 1. The van der Waals surface area contributed by atoms with Gasteiger partial charge in [-0.2, -0.15) is 0 Å². The summed E-state index contributed by atoms with van der Waals surface area (Å²) in [4.78, 5) is 0. The molecule has 0 spiro atoms. The molecule has 0 unspecified atom stereocenters. The van der Waals surface area contributed by atoms with Crippen molar-refractivity contribution in [2.45, 2.75) is 6.18 Å². The molecule has 3 aromatic rings. The van der Waals surface area contributed by atoms with E-state index >= 15 is 0 Å². The monoisotopic (exact) mass is 481 g/mol. The molecule has 3 nitrogen and oxygen atoms in total. The van der Waals surface area contributed by atoms with Crippen molar-refractivity contribution in [1.29, 1.82) is 0 Å². The van der Waals surface area contributed by atoms with Crippen LogP contribution in [0.15, 0.2) is 42.5 Å². The summed E-state index contributed by atoms with van der Waals surface area (Å²) in [6.07, 6.45) is -4.36. The van der Waals surface area contributed by atoms with E-state index in [0.717, 1.165) is 23.0 Å². The Morgan fingerprint density at radius 2 is 1.86 bits per heavy atom. The van der Waals surface area contributed by atoms with Crippen molar-refractivity contribution < 1.29 is 13.2 Å². The number of aromatic nitrogens is 2. The van der Waals surface area contributed by atoms with Gasteiger partial charge in [0.2, 0.25) is 0 Å². The molecule has 0 radical (unpaired) electrons. The molecule has 1 heterocycles. The predicted molar refractivity (Wildman–Crippen MR) is 75.7 cm³/mol. The van der Waals surface area contributed by atoms with Crippen molar-refractivity contribution in [2.24, 2.45) is 0 Å². The number of alkyl halides is 3. The Kier molecular flexibility index (Phi) is 3.42. The molecule has 21 heavy (non-hydrogen) atoms. The Labute approximate surface area is 134 Å². The first-order valence-electron chi connectivity index (χ1n) is 6.07. The number of anilines is 1. The maximum atomic E-state index is 12.8. The molecule has 0 saturated heterocycles. The van der Waals surface area contributed by atoms with E-state index in [0.29, 0.717) is 43.0 Å². The van der Waals surface area contributed by atoms with Crippen LogP contribution in [0.2, 0.25) is 0 Å². The third-order valence-electron chi connectivity index (χ3n) is 3.19. The van der Waals surface area contributed by atoms with Crippen molar-refractivity contribution in [1.82, 2.24) is 7.59 Å². The summed E-state index contributed by atoms with van der Waals surface area (Å²) < 4.78 is 40.3. The van der Waals surface area contributed by atoms with Gasteiger partial charge < -0.3 is 0 Å². The van der Waals surface area contributed by atoms with Gasteiger partial charge in [0.05, 0.1) is 0 Å². The van der Waals surface area contributed by atoms with E-state index in [1.54, 1.807) is 20.7 Å². The molecule has 0 fully saturated rings. The topological polar surface area (TPSA) is 43.8 Å². The first-order valence-corrected chi connectivity index (χ1v) is 8.08. The summed E-state index contributed by atoms with van der Waals surface area (Å²) in [6, 6.07) is 10.6. The zero-order valence-electron chi connectivity index (χ0n) is 10.7. The summed E-state index contributed by atoms with van der Waals surface area (Å²) >= 11 is 0.417. The number of nitrogens with zero attached hydrogens (tertiary/aromatic N) is 2. The molecule has 0 bridgehead atoms. The van der Waals surface area contributed by atoms with Crippen molar-refractivity contribution in [3.63, 3.8) is 0 Å². The summed E-state index contributed by atoms with van der Waals surface area (Å²) in [5.41, 5.74) is 7.53. The van der Waals surface area contributed by atoms with Crippen LogP contribution in [0, 0.1) is 0 Å². The summed E-state index contributed by atoms with van der Waals surface area (Å²) in [6.45, 7) is 0. The van der Waals surface area contributed by atoms with Gasteiger partial charge in [0.1, 0.15) is 0 Å². The van der Waals surface area contributed by atoms with Gasteiger partial charge in [-0.05, 0) is 0 Å². The Hall–Kier alpha value is -1.58. The number of benzene rings is 2. The average Bonchev–Trinajstić information content (AvgIpc) is 2.75. The van der Waals surface area contributed by atoms with Crippen molar-refractivity contribution in [3.8, 4) is 11.3 Å². The number of rotatable bonds is 1. The SMILES string of the molecule is Nc1ccc2c(c1)c(-c1cccc(C(F)(F)F)c1)n[n]2[Tl]. The minimum absolute atomic E-state index is 0.417. The molecule has 104 valence electrons. The van der Waals surface area contributed by atoms with Gasteiger partial charge in [0.15, 0.2) is 0 Å². The van der Waals surface area contributed by atoms with Gasteiger partial charge >= 0.3 is 135 Å². The molecule has 0 aliphatic carbocycles. The van der Waals surface area contributed by atoms with E-state index in [-0.39, 0.29) is 0 Å². The van der Waals surface area contributed by atoms with Crippen LogP contribution in [0.25, 0.3) is 22.2 Å². The number of nitrogens with two attached hydrogens (primary N) is 1. The fourth-order valence-corrected chi connectivity index (χ4v) is 3.54. The molecule has 0 aliphatic rings. The summed E-state index contributed by atoms with van der Waals surface area (Å²) in [5, 5.41) is 5.17. The van der Waals surface area contributed by atoms with Crippen LogP contribution in [-0.4, -0.2) is 33.7 Å². The van der Waals surface area contributed by atoms with E-state index in [4.69, 9.17) is 5.73 Å². The Bertz CT molecular complexity index is 824. The number of hydrogen-bond acceptors (Lipinski definition) is 2. The molecule has 2 aromatic carbocycles. The Morgan fingerprint density at radius 3 is 2.57 bits per heavy atom. The zero-order valence-corrected chi connectivity index (χ0v) is 15.2. The fraction of sp³-hybridized carbons (Fsp3) is 0.0714. The molecule has 0 aliphatic heterocycles. The minimum atomic E-state index is -4.36. The van der Waals surface area contributed by atoms with E-state index < -0.39 is 11.7 Å². The summed E-state index contributed by atoms with van der Waals surface area (Å²) in [5.74, 6) is 0. The fourth-order valence-electron chi connectivity index (χ4n) is 2.21. The zero-order chi connectivity index (χ0) is 15.2. The first kappa shape index (κ1) is 14.4. The van der Waals surface area contributed by atoms with Crippen molar-refractivity contribution in [3.05, 3.63) is 48.0 Å². The second kappa shape index (κ2) is 5.01. The third-order valence-corrected chi connectivity index (χ3v) is 4.72. The second-order valence-corrected chi connectivity index (χ2v) is 6.55. The van der Waals surface area contributed by atoms with E-state index in [1.165, 1.54) is 6.07 Å². The van der Waals surface area contributed by atoms with E-state index in [9.17, 15) is 13.2 Å². The number of halogens is 3. The Balaban J connectivity index is 2.23. The second-order valence-electron chi connectivity index (χ2n) is 4.65. The van der Waals surface area contributed by atoms with Crippen LogP contribution in [0.5, 0.6) is 0 Å². The van der Waals surface area contributed by atoms with Gasteiger partial charge in [0.25, 0.3) is 0 Å². The molecule has 7 heteroatoms. The predicted octanol–water partition coefficient (Wildman–Crippen LogP) is 3.24. The number of nitrogen functional groups attached to an aromatic ring is 1. The summed E-state index contributed by atoms with van der Waals surface area (Å²) in [7, 11) is 0. The molecular formula is C14H9F3N3Tl. The molecule has 2 N–H and O–H groups in total. The van der Waals surface area contributed by atoms with Crippen LogP contribution < -0.4 is 5.73 Å². The van der Waals surface area contributed by atoms with Gasteiger partial charge in [0, 0.05) is 0 Å². The maximum absolute atomic E-state index is 12.8. The van der Waals surface area contributed by atoms with E-state index in [1.807, 2.05) is 6.07 Å². The van der Waals surface area contributed by atoms with Gasteiger partial charge in [-0.15, -0.1) is 0 Å². The third kappa shape index (κ3) is 2.63. The standard InChI is InChI=1S/C14H9F3N3.Tl/c15-14(16,17)9-3-1-2-8(6-9)13-11-7-10(18)4-5-12(11)19-20-13;/h1-7H,18H2;/q-1;+1. The van der Waals surface area contributed by atoms with Crippen LogP contribution in [-0.2, 0) is 6.18 Å². The van der Waals surface area contributed by atoms with Gasteiger partial charge in [-0.3, -0.25) is 0 Å². The molecule has 3 rings (SSSR count). The number of hydrogen-bond donors (Lipinski definition) is 1. The van der Waals surface area contributed by atoms with Crippen molar-refractivity contribution in [2.75, 3.05) is 5.73 Å². The van der Waals surface area contributed by atoms with Crippen molar-refractivity contribution >= 4 is 42.7 Å². The van der Waals surface area contributed by atoms with Crippen LogP contribution in [0.3, 0.4) is 0 Å². The van der Waals surface area contributed by atoms with Crippen LogP contribution in [0.1, 0.15) is 5.56 Å². The molecule has 1 aromatic heterocycles. The quantitative estimate of drug-likeness (QED) is 0.429. The first-order chi connectivity index (χ1) is 9.86. The molecule has 0 saturated carbocycles. The Morgan fingerprint density at radius 1 is 1.10 bits per heavy atom. The average molecular weight is 481 g/mol. The molecule has 0 atom stereocenters. The van der Waals surface area contributed by atoms with Crippen LogP contribution >= 0.6 is 0 Å². The molecule has 0 amide bonds. The normalized spacial score (nSPS) is 11.9. The van der Waals surface area contributed by atoms with Gasteiger partial charge in [-0.1, -0.05) is 0 Å². The van der Waals surface area contributed by atoms with E-state index in [2.05, 4.69) is 5.10 Å². The van der Waals surface area contributed by atoms with Crippen LogP contribution in [0.4, 0.5) is 18.9 Å². The molecular weight excluding hydrogens is 472 g/mol.